The van der Waals surface area contributed by atoms with Crippen LogP contribution >= 0.6 is 0 Å². The van der Waals surface area contributed by atoms with Crippen LogP contribution in [0.3, 0.4) is 0 Å². The van der Waals surface area contributed by atoms with Gasteiger partial charge < -0.3 is 15.4 Å². The molecule has 1 aliphatic heterocycles. The van der Waals surface area contributed by atoms with E-state index < -0.39 is 5.60 Å². The number of nitrogens with two attached hydrogens (primary N) is 1. The lowest BCUT2D eigenvalue weighted by molar-refractivity contribution is 0.0279. The number of hydrogen-bond acceptors (Lipinski definition) is 3. The van der Waals surface area contributed by atoms with Gasteiger partial charge in [0, 0.05) is 13.1 Å². The van der Waals surface area contributed by atoms with Gasteiger partial charge in [0.1, 0.15) is 5.60 Å². The lowest BCUT2D eigenvalue weighted by Gasteiger charge is -2.30. The zero-order valence-corrected chi connectivity index (χ0v) is 13.2. The fourth-order valence-electron chi connectivity index (χ4n) is 3.72. The SMILES string of the molecule is CC(C)(C)OC(=O)N1CC(CN)C(C2CCCCC2)C1. The van der Waals surface area contributed by atoms with Crippen LogP contribution in [0.1, 0.15) is 52.9 Å². The second-order valence-corrected chi connectivity index (χ2v) is 7.44. The molecule has 1 saturated heterocycles. The molecule has 0 bridgehead atoms. The highest BCUT2D eigenvalue weighted by Gasteiger charge is 2.40. The third-order valence-corrected chi connectivity index (χ3v) is 4.70. The van der Waals surface area contributed by atoms with Crippen LogP contribution in [-0.4, -0.2) is 36.2 Å². The van der Waals surface area contributed by atoms with Crippen molar-refractivity contribution in [1.82, 2.24) is 4.90 Å². The standard InChI is InChI=1S/C16H30N2O2/c1-16(2,3)20-15(19)18-10-13(9-17)14(11-18)12-7-5-4-6-8-12/h12-14H,4-11,17H2,1-3H3. The van der Waals surface area contributed by atoms with E-state index in [0.717, 1.165) is 19.0 Å². The smallest absolute Gasteiger partial charge is 0.410 e. The molecule has 2 fully saturated rings. The molecule has 0 spiro atoms. The molecule has 0 aromatic rings. The zero-order valence-electron chi connectivity index (χ0n) is 13.2. The molecule has 116 valence electrons. The van der Waals surface area contributed by atoms with Crippen molar-refractivity contribution in [2.24, 2.45) is 23.5 Å². The monoisotopic (exact) mass is 282 g/mol. The topological polar surface area (TPSA) is 55.6 Å². The number of carbonyl (C=O) groups excluding carboxylic acids is 1. The molecule has 1 aliphatic carbocycles. The van der Waals surface area contributed by atoms with Crippen molar-refractivity contribution in [3.63, 3.8) is 0 Å². The van der Waals surface area contributed by atoms with Crippen LogP contribution in [0.2, 0.25) is 0 Å². The number of hydrogen-bond donors (Lipinski definition) is 1. The van der Waals surface area contributed by atoms with Crippen LogP contribution in [0, 0.1) is 17.8 Å². The Labute approximate surface area is 123 Å². The van der Waals surface area contributed by atoms with Crippen molar-refractivity contribution in [2.45, 2.75) is 58.5 Å². The van der Waals surface area contributed by atoms with Gasteiger partial charge in [-0.15, -0.1) is 0 Å². The Balaban J connectivity index is 1.96. The van der Waals surface area contributed by atoms with Gasteiger partial charge in [0.15, 0.2) is 0 Å². The van der Waals surface area contributed by atoms with E-state index in [1.54, 1.807) is 0 Å². The average Bonchev–Trinajstić information content (AvgIpc) is 2.82. The van der Waals surface area contributed by atoms with Gasteiger partial charge in [-0.3, -0.25) is 0 Å². The number of likely N-dealkylation sites (tertiary alicyclic amines) is 1. The van der Waals surface area contributed by atoms with Gasteiger partial charge in [0.25, 0.3) is 0 Å². The maximum absolute atomic E-state index is 12.2. The van der Waals surface area contributed by atoms with Gasteiger partial charge in [0.05, 0.1) is 0 Å². The third-order valence-electron chi connectivity index (χ3n) is 4.70. The second-order valence-electron chi connectivity index (χ2n) is 7.44. The molecule has 0 aromatic heterocycles. The number of carbonyl (C=O) groups is 1. The molecule has 20 heavy (non-hydrogen) atoms. The molecule has 1 amide bonds. The highest BCUT2D eigenvalue weighted by atomic mass is 16.6. The van der Waals surface area contributed by atoms with Crippen LogP contribution in [-0.2, 0) is 4.74 Å². The highest BCUT2D eigenvalue weighted by Crippen LogP contribution is 2.38. The number of ether oxygens (including phenoxy) is 1. The predicted molar refractivity (Wildman–Crippen MR) is 80.4 cm³/mol. The van der Waals surface area contributed by atoms with E-state index in [0.29, 0.717) is 18.4 Å². The Kier molecular flexibility index (Phi) is 4.95. The van der Waals surface area contributed by atoms with E-state index >= 15 is 0 Å². The van der Waals surface area contributed by atoms with Crippen LogP contribution < -0.4 is 5.73 Å². The van der Waals surface area contributed by atoms with Crippen LogP contribution in [0.5, 0.6) is 0 Å². The molecule has 0 aromatic carbocycles. The Morgan fingerprint density at radius 3 is 2.40 bits per heavy atom. The first-order valence-electron chi connectivity index (χ1n) is 8.08. The van der Waals surface area contributed by atoms with E-state index in [-0.39, 0.29) is 6.09 Å². The van der Waals surface area contributed by atoms with E-state index in [9.17, 15) is 4.79 Å². The van der Waals surface area contributed by atoms with Gasteiger partial charge in [-0.25, -0.2) is 4.79 Å². The Morgan fingerprint density at radius 2 is 1.85 bits per heavy atom. The van der Waals surface area contributed by atoms with Crippen molar-refractivity contribution in [3.8, 4) is 0 Å². The second kappa shape index (κ2) is 6.33. The summed E-state index contributed by atoms with van der Waals surface area (Å²) in [6.07, 6.45) is 6.49. The number of rotatable bonds is 2. The van der Waals surface area contributed by atoms with Crippen LogP contribution in [0.15, 0.2) is 0 Å². The van der Waals surface area contributed by atoms with Gasteiger partial charge in [-0.1, -0.05) is 32.1 Å². The minimum Gasteiger partial charge on any atom is -0.444 e. The largest absolute Gasteiger partial charge is 0.444 e. The minimum atomic E-state index is -0.418. The average molecular weight is 282 g/mol. The van der Waals surface area contributed by atoms with Crippen molar-refractivity contribution in [3.05, 3.63) is 0 Å². The first-order valence-corrected chi connectivity index (χ1v) is 8.08. The molecule has 2 N–H and O–H groups in total. The summed E-state index contributed by atoms with van der Waals surface area (Å²) >= 11 is 0. The maximum atomic E-state index is 12.2. The molecule has 4 heteroatoms. The molecule has 2 atom stereocenters. The normalized spacial score (nSPS) is 28.7. The van der Waals surface area contributed by atoms with Crippen LogP contribution in [0.4, 0.5) is 4.79 Å². The Bertz CT molecular complexity index is 332. The fraction of sp³-hybridized carbons (Fsp3) is 0.938. The van der Waals surface area contributed by atoms with E-state index in [1.807, 2.05) is 25.7 Å². The highest BCUT2D eigenvalue weighted by molar-refractivity contribution is 5.68. The van der Waals surface area contributed by atoms with Gasteiger partial charge >= 0.3 is 6.09 Å². The molecule has 2 rings (SSSR count). The Hall–Kier alpha value is -0.770. The van der Waals surface area contributed by atoms with Crippen molar-refractivity contribution < 1.29 is 9.53 Å². The summed E-state index contributed by atoms with van der Waals surface area (Å²) < 4.78 is 5.50. The summed E-state index contributed by atoms with van der Waals surface area (Å²) in [5, 5.41) is 0. The first kappa shape index (κ1) is 15.6. The predicted octanol–water partition coefficient (Wildman–Crippen LogP) is 3.01. The third kappa shape index (κ3) is 3.87. The lowest BCUT2D eigenvalue weighted by atomic mass is 9.75. The summed E-state index contributed by atoms with van der Waals surface area (Å²) in [7, 11) is 0. The maximum Gasteiger partial charge on any atom is 0.410 e. The molecule has 2 unspecified atom stereocenters. The fourth-order valence-corrected chi connectivity index (χ4v) is 3.72. The summed E-state index contributed by atoms with van der Waals surface area (Å²) in [6, 6.07) is 0. The van der Waals surface area contributed by atoms with E-state index in [1.165, 1.54) is 32.1 Å². The molecule has 1 saturated carbocycles. The van der Waals surface area contributed by atoms with Crippen molar-refractivity contribution in [2.75, 3.05) is 19.6 Å². The quantitative estimate of drug-likeness (QED) is 0.847. The number of amides is 1. The summed E-state index contributed by atoms with van der Waals surface area (Å²) in [5.41, 5.74) is 5.52. The summed E-state index contributed by atoms with van der Waals surface area (Å²) in [4.78, 5) is 14.1. The van der Waals surface area contributed by atoms with Crippen molar-refractivity contribution in [1.29, 1.82) is 0 Å². The first-order chi connectivity index (χ1) is 9.40. The van der Waals surface area contributed by atoms with E-state index in [2.05, 4.69) is 0 Å². The zero-order chi connectivity index (χ0) is 14.8. The number of nitrogens with zero attached hydrogens (tertiary/aromatic N) is 1. The summed E-state index contributed by atoms with van der Waals surface area (Å²) in [5.74, 6) is 1.78. The minimum absolute atomic E-state index is 0.172. The molecular weight excluding hydrogens is 252 g/mol. The molecule has 4 nitrogen and oxygen atoms in total. The van der Waals surface area contributed by atoms with E-state index in [4.69, 9.17) is 10.5 Å². The molecule has 0 radical (unpaired) electrons. The molecule has 1 heterocycles. The summed E-state index contributed by atoms with van der Waals surface area (Å²) in [6.45, 7) is 8.04. The molecule has 2 aliphatic rings. The molecular formula is C16H30N2O2. The van der Waals surface area contributed by atoms with Gasteiger partial charge in [-0.2, -0.15) is 0 Å². The van der Waals surface area contributed by atoms with Crippen molar-refractivity contribution >= 4 is 6.09 Å². The van der Waals surface area contributed by atoms with Gasteiger partial charge in [0.2, 0.25) is 0 Å². The lowest BCUT2D eigenvalue weighted by Crippen LogP contribution is -2.36. The Morgan fingerprint density at radius 1 is 1.20 bits per heavy atom. The van der Waals surface area contributed by atoms with Crippen LogP contribution in [0.25, 0.3) is 0 Å². The van der Waals surface area contributed by atoms with Gasteiger partial charge in [-0.05, 0) is 45.1 Å².